The molecule has 3 heterocycles. The van der Waals surface area contributed by atoms with Crippen molar-refractivity contribution >= 4 is 5.91 Å². The predicted octanol–water partition coefficient (Wildman–Crippen LogP) is 3.83. The van der Waals surface area contributed by atoms with Crippen molar-refractivity contribution in [1.29, 1.82) is 0 Å². The van der Waals surface area contributed by atoms with E-state index in [0.29, 0.717) is 17.9 Å². The van der Waals surface area contributed by atoms with Crippen LogP contribution in [0, 0.1) is 17.2 Å². The summed E-state index contributed by atoms with van der Waals surface area (Å²) in [6, 6.07) is 7.07. The molecule has 3 aliphatic rings. The number of hydrogen-bond acceptors (Lipinski definition) is 3. The second kappa shape index (κ2) is 7.49. The Morgan fingerprint density at radius 2 is 2.00 bits per heavy atom. The maximum atomic E-state index is 13.7. The first kappa shape index (κ1) is 19.7. The molecule has 1 saturated carbocycles. The molecule has 2 atom stereocenters. The summed E-state index contributed by atoms with van der Waals surface area (Å²) in [5.41, 5.74) is 1.73. The zero-order chi connectivity index (χ0) is 20.9. The number of hydrogen-bond donors (Lipinski definition) is 0. The minimum atomic E-state index is -0.384. The Hall–Kier alpha value is -2.21. The fourth-order valence-corrected chi connectivity index (χ4v) is 5.28. The second-order valence-electron chi connectivity index (χ2n) is 9.79. The third kappa shape index (κ3) is 3.55. The van der Waals surface area contributed by atoms with Crippen molar-refractivity contribution in [3.8, 4) is 0 Å². The summed E-state index contributed by atoms with van der Waals surface area (Å²) in [4.78, 5) is 22.9. The van der Waals surface area contributed by atoms with Crippen molar-refractivity contribution in [3.05, 3.63) is 53.9 Å². The van der Waals surface area contributed by atoms with Crippen LogP contribution in [0.25, 0.3) is 0 Å². The first-order valence-electron chi connectivity index (χ1n) is 11.2. The van der Waals surface area contributed by atoms with Crippen LogP contribution in [0.4, 0.5) is 4.39 Å². The van der Waals surface area contributed by atoms with Gasteiger partial charge < -0.3 is 9.47 Å². The minimum Gasteiger partial charge on any atom is -0.342 e. The fourth-order valence-electron chi connectivity index (χ4n) is 5.28. The molecule has 0 radical (unpaired) electrons. The lowest BCUT2D eigenvalue weighted by Crippen LogP contribution is -2.40. The van der Waals surface area contributed by atoms with Crippen LogP contribution >= 0.6 is 0 Å². The zero-order valence-corrected chi connectivity index (χ0v) is 17.9. The Labute approximate surface area is 177 Å². The molecule has 1 aliphatic carbocycles. The van der Waals surface area contributed by atoms with Gasteiger partial charge in [0, 0.05) is 50.9 Å². The molecule has 5 nitrogen and oxygen atoms in total. The van der Waals surface area contributed by atoms with Crippen LogP contribution in [-0.4, -0.2) is 51.4 Å². The fraction of sp³-hybridized carbons (Fsp3) is 0.583. The highest BCUT2D eigenvalue weighted by molar-refractivity contribution is 5.87. The van der Waals surface area contributed by atoms with Gasteiger partial charge in [0.05, 0.1) is 17.4 Å². The smallest absolute Gasteiger partial charge is 0.230 e. The van der Waals surface area contributed by atoms with Gasteiger partial charge in [-0.25, -0.2) is 9.37 Å². The van der Waals surface area contributed by atoms with Crippen LogP contribution < -0.4 is 0 Å². The van der Waals surface area contributed by atoms with Gasteiger partial charge in [0.15, 0.2) is 0 Å². The molecule has 1 spiro atoms. The number of nitrogens with zero attached hydrogens (tertiary/aromatic N) is 4. The molecule has 2 aromatic rings. The number of likely N-dealkylation sites (tertiary alicyclic amines) is 2. The molecule has 1 amide bonds. The Kier molecular flexibility index (Phi) is 4.92. The van der Waals surface area contributed by atoms with Crippen LogP contribution in [0.1, 0.15) is 56.3 Å². The van der Waals surface area contributed by atoms with E-state index >= 15 is 0 Å². The maximum absolute atomic E-state index is 13.7. The van der Waals surface area contributed by atoms with Gasteiger partial charge in [0.2, 0.25) is 5.91 Å². The van der Waals surface area contributed by atoms with E-state index < -0.39 is 0 Å². The highest BCUT2D eigenvalue weighted by atomic mass is 19.1. The highest BCUT2D eigenvalue weighted by Crippen LogP contribution is 2.50. The van der Waals surface area contributed by atoms with E-state index in [1.165, 1.54) is 25.0 Å². The van der Waals surface area contributed by atoms with Crippen molar-refractivity contribution in [2.24, 2.45) is 11.3 Å². The van der Waals surface area contributed by atoms with Gasteiger partial charge in [-0.3, -0.25) is 9.69 Å². The van der Waals surface area contributed by atoms with Gasteiger partial charge in [0.25, 0.3) is 0 Å². The molecule has 3 fully saturated rings. The van der Waals surface area contributed by atoms with Gasteiger partial charge in [-0.2, -0.15) is 0 Å². The zero-order valence-electron chi connectivity index (χ0n) is 17.9. The average Bonchev–Trinajstić information content (AvgIpc) is 3.15. The minimum absolute atomic E-state index is 0.106. The molecule has 0 unspecified atom stereocenters. The molecule has 2 aliphatic heterocycles. The van der Waals surface area contributed by atoms with E-state index in [4.69, 9.17) is 4.98 Å². The molecule has 30 heavy (non-hydrogen) atoms. The maximum Gasteiger partial charge on any atom is 0.230 e. The number of aromatic nitrogens is 2. The molecule has 1 aromatic heterocycles. The van der Waals surface area contributed by atoms with E-state index in [2.05, 4.69) is 34.4 Å². The van der Waals surface area contributed by atoms with Gasteiger partial charge in [-0.05, 0) is 56.7 Å². The second-order valence-corrected chi connectivity index (χ2v) is 9.79. The van der Waals surface area contributed by atoms with Crippen LogP contribution in [-0.2, 0) is 11.3 Å². The Morgan fingerprint density at radius 1 is 1.23 bits per heavy atom. The first-order chi connectivity index (χ1) is 14.4. The number of carbonyl (C=O) groups excluding carboxylic acids is 1. The third-order valence-electron chi connectivity index (χ3n) is 7.22. The van der Waals surface area contributed by atoms with E-state index in [0.717, 1.165) is 50.4 Å². The van der Waals surface area contributed by atoms with E-state index in [-0.39, 0.29) is 17.2 Å². The lowest BCUT2D eigenvalue weighted by molar-refractivity contribution is -0.136. The molecule has 0 N–H and O–H groups in total. The average molecular weight is 411 g/mol. The lowest BCUT2D eigenvalue weighted by atomic mass is 9.75. The van der Waals surface area contributed by atoms with E-state index in [9.17, 15) is 9.18 Å². The number of imidazole rings is 1. The Balaban J connectivity index is 1.42. The number of halogens is 1. The number of carbonyl (C=O) groups is 1. The topological polar surface area (TPSA) is 41.4 Å². The highest BCUT2D eigenvalue weighted by Gasteiger charge is 2.58. The van der Waals surface area contributed by atoms with Crippen molar-refractivity contribution in [2.45, 2.75) is 51.6 Å². The molecule has 160 valence electrons. The van der Waals surface area contributed by atoms with Gasteiger partial charge in [-0.1, -0.05) is 12.1 Å². The molecular weight excluding hydrogens is 379 g/mol. The number of amides is 1. The van der Waals surface area contributed by atoms with Gasteiger partial charge >= 0.3 is 0 Å². The monoisotopic (exact) mass is 410 g/mol. The quantitative estimate of drug-likeness (QED) is 0.727. The van der Waals surface area contributed by atoms with E-state index in [1.807, 2.05) is 18.5 Å². The summed E-state index contributed by atoms with van der Waals surface area (Å²) in [5, 5.41) is 0. The standard InChI is InChI=1S/C24H31FN4O/c1-17(2)29-14-22(26-16-29)21-13-27(11-18-5-7-20(25)8-6-18)15-24(21)9-10-28(23(24)30)12-19-3-4-19/h5-8,14,16-17,19,21H,3-4,9-13,15H2,1-2H3/t21-,24-/m1/s1. The summed E-state index contributed by atoms with van der Waals surface area (Å²) >= 11 is 0. The van der Waals surface area contributed by atoms with Crippen LogP contribution in [0.15, 0.2) is 36.8 Å². The van der Waals surface area contributed by atoms with Crippen LogP contribution in [0.2, 0.25) is 0 Å². The number of rotatable bonds is 6. The molecule has 0 bridgehead atoms. The summed E-state index contributed by atoms with van der Waals surface area (Å²) < 4.78 is 15.5. The van der Waals surface area contributed by atoms with Crippen LogP contribution in [0.5, 0.6) is 0 Å². The molecule has 5 rings (SSSR count). The van der Waals surface area contributed by atoms with Crippen molar-refractivity contribution in [3.63, 3.8) is 0 Å². The predicted molar refractivity (Wildman–Crippen MR) is 113 cm³/mol. The van der Waals surface area contributed by atoms with Crippen molar-refractivity contribution < 1.29 is 9.18 Å². The normalized spacial score (nSPS) is 27.1. The SMILES string of the molecule is CC(C)n1cnc([C@H]2CN(Cc3ccc(F)cc3)C[C@]23CCN(CC2CC2)C3=O)c1. The summed E-state index contributed by atoms with van der Waals surface area (Å²) in [7, 11) is 0. The van der Waals surface area contributed by atoms with Crippen molar-refractivity contribution in [2.75, 3.05) is 26.2 Å². The van der Waals surface area contributed by atoms with Crippen molar-refractivity contribution in [1.82, 2.24) is 19.4 Å². The largest absolute Gasteiger partial charge is 0.342 e. The molecule has 1 aromatic carbocycles. The molecular formula is C24H31FN4O. The number of benzene rings is 1. The summed E-state index contributed by atoms with van der Waals surface area (Å²) in [6.45, 7) is 8.38. The molecule has 2 saturated heterocycles. The summed E-state index contributed by atoms with van der Waals surface area (Å²) in [6.07, 6.45) is 7.45. The van der Waals surface area contributed by atoms with E-state index in [1.54, 1.807) is 0 Å². The third-order valence-corrected chi connectivity index (χ3v) is 7.22. The Bertz CT molecular complexity index is 920. The first-order valence-corrected chi connectivity index (χ1v) is 11.2. The van der Waals surface area contributed by atoms with Crippen LogP contribution in [0.3, 0.4) is 0 Å². The molecule has 6 heteroatoms. The van der Waals surface area contributed by atoms with Gasteiger partial charge in [0.1, 0.15) is 5.82 Å². The Morgan fingerprint density at radius 3 is 2.67 bits per heavy atom. The lowest BCUT2D eigenvalue weighted by Gasteiger charge is -2.28. The summed E-state index contributed by atoms with van der Waals surface area (Å²) in [5.74, 6) is 0.921. The van der Waals surface area contributed by atoms with Gasteiger partial charge in [-0.15, -0.1) is 0 Å².